The summed E-state index contributed by atoms with van der Waals surface area (Å²) in [6.07, 6.45) is 0. The Morgan fingerprint density at radius 3 is 2.68 bits per heavy atom. The molecule has 1 aromatic carbocycles. The molecule has 0 bridgehead atoms. The van der Waals surface area contributed by atoms with Crippen LogP contribution in [-0.2, 0) is 28.2 Å². The SMILES string of the molecule is CCSc1cccc(Cl)c1S(=O)(=O)OO[PH](=O)OC. The molecule has 10 heteroatoms. The van der Waals surface area contributed by atoms with Gasteiger partial charge in [0.15, 0.2) is 0 Å². The van der Waals surface area contributed by atoms with Crippen LogP contribution in [-0.4, -0.2) is 21.3 Å². The third kappa shape index (κ3) is 4.75. The molecule has 0 aliphatic carbocycles. The van der Waals surface area contributed by atoms with Crippen molar-refractivity contribution in [3.8, 4) is 0 Å². The fourth-order valence-electron chi connectivity index (χ4n) is 1.14. The summed E-state index contributed by atoms with van der Waals surface area (Å²) in [5.41, 5.74) is 0. The van der Waals surface area contributed by atoms with E-state index in [1.165, 1.54) is 17.8 Å². The second kappa shape index (κ2) is 7.64. The maximum Gasteiger partial charge on any atom is 0.348 e. The molecule has 0 saturated carbocycles. The van der Waals surface area contributed by atoms with E-state index in [4.69, 9.17) is 11.6 Å². The molecule has 0 radical (unpaired) electrons. The van der Waals surface area contributed by atoms with Crippen LogP contribution in [0.2, 0.25) is 5.02 Å². The van der Waals surface area contributed by atoms with E-state index in [1.54, 1.807) is 12.1 Å². The van der Waals surface area contributed by atoms with Gasteiger partial charge in [0.25, 0.3) is 0 Å². The Balaban J connectivity index is 3.09. The second-order valence-corrected chi connectivity index (χ2v) is 7.30. The fourth-order valence-corrected chi connectivity index (χ4v) is 4.20. The van der Waals surface area contributed by atoms with E-state index in [9.17, 15) is 13.0 Å². The quantitative estimate of drug-likeness (QED) is 0.325. The van der Waals surface area contributed by atoms with Crippen molar-refractivity contribution in [2.75, 3.05) is 12.9 Å². The molecular weight excluding hydrogens is 335 g/mol. The highest BCUT2D eigenvalue weighted by Crippen LogP contribution is 2.35. The lowest BCUT2D eigenvalue weighted by molar-refractivity contribution is -0.0963. The molecule has 0 aromatic heterocycles. The van der Waals surface area contributed by atoms with Crippen molar-refractivity contribution < 1.29 is 26.5 Å². The molecule has 108 valence electrons. The largest absolute Gasteiger partial charge is 0.348 e. The molecule has 0 N–H and O–H groups in total. The van der Waals surface area contributed by atoms with Gasteiger partial charge in [0, 0.05) is 12.0 Å². The van der Waals surface area contributed by atoms with Crippen molar-refractivity contribution >= 4 is 41.7 Å². The Morgan fingerprint density at radius 2 is 2.11 bits per heavy atom. The number of benzene rings is 1. The van der Waals surface area contributed by atoms with E-state index >= 15 is 0 Å². The smallest absolute Gasteiger partial charge is 0.312 e. The van der Waals surface area contributed by atoms with Gasteiger partial charge in [-0.3, -0.25) is 4.57 Å². The van der Waals surface area contributed by atoms with Crippen molar-refractivity contribution in [2.45, 2.75) is 16.7 Å². The summed E-state index contributed by atoms with van der Waals surface area (Å²) in [4.78, 5) is 0.213. The van der Waals surface area contributed by atoms with Crippen LogP contribution < -0.4 is 0 Å². The van der Waals surface area contributed by atoms with Crippen molar-refractivity contribution in [1.29, 1.82) is 0 Å². The maximum absolute atomic E-state index is 11.9. The highest BCUT2D eigenvalue weighted by Gasteiger charge is 2.25. The van der Waals surface area contributed by atoms with Gasteiger partial charge in [-0.2, -0.15) is 8.42 Å². The minimum atomic E-state index is -4.28. The second-order valence-electron chi connectivity index (χ2n) is 3.06. The first-order valence-corrected chi connectivity index (χ1v) is 9.02. The lowest BCUT2D eigenvalue weighted by Gasteiger charge is -2.10. The van der Waals surface area contributed by atoms with Gasteiger partial charge in [0.1, 0.15) is 4.90 Å². The van der Waals surface area contributed by atoms with Crippen LogP contribution in [0.4, 0.5) is 0 Å². The monoisotopic (exact) mass is 346 g/mol. The predicted molar refractivity (Wildman–Crippen MR) is 73.2 cm³/mol. The first-order valence-electron chi connectivity index (χ1n) is 5.02. The van der Waals surface area contributed by atoms with E-state index in [0.717, 1.165) is 7.11 Å². The topological polar surface area (TPSA) is 78.9 Å². The molecule has 1 atom stereocenters. The van der Waals surface area contributed by atoms with Crippen LogP contribution in [0.1, 0.15) is 6.92 Å². The summed E-state index contributed by atoms with van der Waals surface area (Å²) in [7, 11) is -6.18. The van der Waals surface area contributed by atoms with Crippen molar-refractivity contribution in [3.63, 3.8) is 0 Å². The third-order valence-electron chi connectivity index (χ3n) is 1.84. The summed E-state index contributed by atoms with van der Waals surface area (Å²) in [5, 5.41) is -0.000798. The van der Waals surface area contributed by atoms with Crippen molar-refractivity contribution in [1.82, 2.24) is 0 Å². The van der Waals surface area contributed by atoms with Gasteiger partial charge < -0.3 is 4.52 Å². The van der Waals surface area contributed by atoms with Gasteiger partial charge in [-0.25, -0.2) is 0 Å². The molecule has 6 nitrogen and oxygen atoms in total. The molecule has 0 fully saturated rings. The summed E-state index contributed by atoms with van der Waals surface area (Å²) < 4.78 is 47.5. The van der Waals surface area contributed by atoms with Crippen LogP contribution in [0.3, 0.4) is 0 Å². The van der Waals surface area contributed by atoms with E-state index in [0.29, 0.717) is 10.6 Å². The van der Waals surface area contributed by atoms with E-state index in [-0.39, 0.29) is 9.92 Å². The molecule has 0 aliphatic heterocycles. The van der Waals surface area contributed by atoms with E-state index < -0.39 is 18.4 Å². The standard InChI is InChI=1S/C9H12ClO6PS2/c1-3-18-8-6-4-5-7(10)9(8)19(12,13)16-15-17(11)14-2/h4-6,17H,3H2,1-2H3. The number of thioether (sulfide) groups is 1. The number of rotatable bonds is 7. The molecule has 19 heavy (non-hydrogen) atoms. The van der Waals surface area contributed by atoms with Crippen molar-refractivity contribution in [3.05, 3.63) is 23.2 Å². The van der Waals surface area contributed by atoms with Crippen LogP contribution in [0.25, 0.3) is 0 Å². The predicted octanol–water partition coefficient (Wildman–Crippen LogP) is 3.13. The molecule has 1 unspecified atom stereocenters. The minimum Gasteiger partial charge on any atom is -0.312 e. The van der Waals surface area contributed by atoms with Gasteiger partial charge in [0.2, 0.25) is 0 Å². The van der Waals surface area contributed by atoms with Crippen LogP contribution in [0.5, 0.6) is 0 Å². The maximum atomic E-state index is 11.9. The van der Waals surface area contributed by atoms with Gasteiger partial charge in [0.05, 0.1) is 5.02 Å². The van der Waals surface area contributed by atoms with Gasteiger partial charge >= 0.3 is 18.4 Å². The number of halogens is 1. The average Bonchev–Trinajstić information content (AvgIpc) is 2.36. The Morgan fingerprint density at radius 1 is 1.42 bits per heavy atom. The molecule has 1 rings (SSSR count). The van der Waals surface area contributed by atoms with Crippen molar-refractivity contribution in [2.24, 2.45) is 0 Å². The molecule has 0 heterocycles. The zero-order valence-electron chi connectivity index (χ0n) is 10.1. The molecule has 0 amide bonds. The highest BCUT2D eigenvalue weighted by molar-refractivity contribution is 8.00. The first kappa shape index (κ1) is 17.0. The molecule has 0 aliphatic rings. The summed E-state index contributed by atoms with van der Waals surface area (Å²) >= 11 is 7.15. The highest BCUT2D eigenvalue weighted by atomic mass is 35.5. The van der Waals surface area contributed by atoms with Gasteiger partial charge in [-0.1, -0.05) is 28.9 Å². The number of hydrogen-bond acceptors (Lipinski definition) is 7. The lowest BCUT2D eigenvalue weighted by atomic mass is 10.4. The Hall–Kier alpha value is -0.0800. The third-order valence-corrected chi connectivity index (χ3v) is 5.20. The average molecular weight is 347 g/mol. The Labute approximate surface area is 121 Å². The molecule has 0 saturated heterocycles. The van der Waals surface area contributed by atoms with Crippen LogP contribution >= 0.6 is 31.6 Å². The minimum absolute atomic E-state index is 0.000798. The van der Waals surface area contributed by atoms with E-state index in [1.807, 2.05) is 6.92 Å². The molecular formula is C9H12ClO6PS2. The molecule has 1 aromatic rings. The lowest BCUT2D eigenvalue weighted by Crippen LogP contribution is -2.07. The zero-order valence-corrected chi connectivity index (χ0v) is 13.5. The fraction of sp³-hybridized carbons (Fsp3) is 0.333. The number of hydrogen-bond donors (Lipinski definition) is 0. The normalized spacial score (nSPS) is 13.4. The summed E-state index contributed by atoms with van der Waals surface area (Å²) in [6, 6.07) is 4.63. The first-order chi connectivity index (χ1) is 8.92. The Kier molecular flexibility index (Phi) is 6.82. The van der Waals surface area contributed by atoms with Gasteiger partial charge in [-0.15, -0.1) is 16.4 Å². The van der Waals surface area contributed by atoms with Crippen LogP contribution in [0, 0.1) is 0 Å². The summed E-state index contributed by atoms with van der Waals surface area (Å²) in [5.74, 6) is 0.651. The van der Waals surface area contributed by atoms with Gasteiger partial charge in [-0.05, 0) is 17.9 Å². The van der Waals surface area contributed by atoms with E-state index in [2.05, 4.69) is 13.5 Å². The molecule has 0 spiro atoms. The zero-order chi connectivity index (χ0) is 14.5. The van der Waals surface area contributed by atoms with Crippen LogP contribution in [0.15, 0.2) is 28.0 Å². The Bertz CT molecular complexity index is 562. The summed E-state index contributed by atoms with van der Waals surface area (Å²) in [6.45, 7) is 1.86.